The summed E-state index contributed by atoms with van der Waals surface area (Å²) in [5.74, 6) is -2.74. The Balaban J connectivity index is 5.83. The number of carboxylic acids is 1. The minimum Gasteiger partial charge on any atom is -0.480 e. The quantitative estimate of drug-likeness (QED) is 0.628. The molecular formula is C17H32N2O6. The molecular weight excluding hydrogens is 328 g/mol. The number of carboxylic acid groups (broad SMARTS) is 1. The van der Waals surface area contributed by atoms with Gasteiger partial charge >= 0.3 is 12.1 Å². The van der Waals surface area contributed by atoms with Gasteiger partial charge in [0.1, 0.15) is 17.7 Å². The number of nitrogens with zero attached hydrogens (tertiary/aromatic N) is 1. The third kappa shape index (κ3) is 7.39. The van der Waals surface area contributed by atoms with Crippen molar-refractivity contribution < 1.29 is 29.3 Å². The van der Waals surface area contributed by atoms with E-state index in [9.17, 15) is 24.6 Å². The number of aliphatic hydroxyl groups is 1. The average Bonchev–Trinajstić information content (AvgIpc) is 2.41. The van der Waals surface area contributed by atoms with E-state index < -0.39 is 41.8 Å². The van der Waals surface area contributed by atoms with Crippen molar-refractivity contribution >= 4 is 18.0 Å². The Kier molecular flexibility index (Phi) is 8.53. The highest BCUT2D eigenvalue weighted by atomic mass is 16.6. The first-order valence-corrected chi connectivity index (χ1v) is 8.41. The number of aliphatic hydroxyl groups excluding tert-OH is 1. The summed E-state index contributed by atoms with van der Waals surface area (Å²) in [6, 6.07) is -2.85. The lowest BCUT2D eigenvalue weighted by Gasteiger charge is -2.33. The molecule has 4 N–H and O–H groups in total. The normalized spacial score (nSPS) is 15.6. The zero-order valence-corrected chi connectivity index (χ0v) is 16.1. The molecule has 8 nitrogen and oxygen atoms in total. The molecule has 0 rings (SSSR count). The lowest BCUT2D eigenvalue weighted by atomic mass is 9.97. The van der Waals surface area contributed by atoms with Crippen LogP contribution in [0.2, 0.25) is 0 Å². The summed E-state index contributed by atoms with van der Waals surface area (Å²) in [5, 5.41) is 19.6. The molecule has 8 heteroatoms. The van der Waals surface area contributed by atoms with Gasteiger partial charge in [-0.25, -0.2) is 14.5 Å². The zero-order valence-electron chi connectivity index (χ0n) is 16.1. The first-order chi connectivity index (χ1) is 11.2. The first-order valence-electron chi connectivity index (χ1n) is 8.41. The SMILES string of the molecule is CC(C)C[C@@H](C(=O)O)N(C(=O)OC(C)(C)C)C(=O)[C@@H](N)[C@H](O)C(C)C. The molecule has 0 aromatic heterocycles. The van der Waals surface area contributed by atoms with Gasteiger partial charge in [0.25, 0.3) is 5.91 Å². The third-order valence-electron chi connectivity index (χ3n) is 3.46. The Hall–Kier alpha value is -1.67. The van der Waals surface area contributed by atoms with Crippen molar-refractivity contribution in [1.82, 2.24) is 4.90 Å². The lowest BCUT2D eigenvalue weighted by molar-refractivity contribution is -0.152. The monoisotopic (exact) mass is 360 g/mol. The number of aliphatic carboxylic acids is 1. The maximum absolute atomic E-state index is 12.7. The van der Waals surface area contributed by atoms with Crippen LogP contribution in [0.4, 0.5) is 4.79 Å². The molecule has 0 aliphatic rings. The van der Waals surface area contributed by atoms with Crippen LogP contribution in [-0.2, 0) is 14.3 Å². The van der Waals surface area contributed by atoms with Gasteiger partial charge in [0.05, 0.1) is 6.10 Å². The fraction of sp³-hybridized carbons (Fsp3) is 0.824. The molecule has 0 heterocycles. The van der Waals surface area contributed by atoms with E-state index in [0.29, 0.717) is 4.90 Å². The molecule has 0 aliphatic heterocycles. The molecule has 25 heavy (non-hydrogen) atoms. The molecule has 0 fully saturated rings. The molecule has 0 saturated carbocycles. The molecule has 0 saturated heterocycles. The van der Waals surface area contributed by atoms with Crippen LogP contribution in [0, 0.1) is 11.8 Å². The van der Waals surface area contributed by atoms with Crippen LogP contribution in [0.5, 0.6) is 0 Å². The van der Waals surface area contributed by atoms with Crippen molar-refractivity contribution in [2.24, 2.45) is 17.6 Å². The van der Waals surface area contributed by atoms with E-state index in [4.69, 9.17) is 10.5 Å². The van der Waals surface area contributed by atoms with Gasteiger partial charge in [0.2, 0.25) is 0 Å². The van der Waals surface area contributed by atoms with E-state index in [1.807, 2.05) is 0 Å². The number of ether oxygens (including phenoxy) is 1. The van der Waals surface area contributed by atoms with Crippen LogP contribution in [0.15, 0.2) is 0 Å². The van der Waals surface area contributed by atoms with Gasteiger partial charge in [-0.1, -0.05) is 27.7 Å². The Morgan fingerprint density at radius 1 is 1.12 bits per heavy atom. The number of hydrogen-bond acceptors (Lipinski definition) is 6. The van der Waals surface area contributed by atoms with Crippen molar-refractivity contribution in [3.8, 4) is 0 Å². The molecule has 2 amide bonds. The van der Waals surface area contributed by atoms with Gasteiger partial charge in [-0.2, -0.15) is 0 Å². The number of hydrogen-bond donors (Lipinski definition) is 3. The maximum Gasteiger partial charge on any atom is 0.417 e. The number of imide groups is 1. The predicted molar refractivity (Wildman–Crippen MR) is 92.8 cm³/mol. The molecule has 0 radical (unpaired) electrons. The molecule has 3 atom stereocenters. The third-order valence-corrected chi connectivity index (χ3v) is 3.46. The van der Waals surface area contributed by atoms with Gasteiger partial charge in [-0.05, 0) is 39.0 Å². The molecule has 0 aromatic carbocycles. The molecule has 0 aliphatic carbocycles. The highest BCUT2D eigenvalue weighted by molar-refractivity contribution is 5.99. The topological polar surface area (TPSA) is 130 Å². The summed E-state index contributed by atoms with van der Waals surface area (Å²) >= 11 is 0. The standard InChI is InChI=1S/C17H32N2O6/c1-9(2)8-11(15(22)23)19(16(24)25-17(5,6)7)14(21)12(18)13(20)10(3)4/h9-13,20H,8,18H2,1-7H3,(H,22,23)/t11-,12-,13+/m0/s1. The van der Waals surface area contributed by atoms with Crippen molar-refractivity contribution in [1.29, 1.82) is 0 Å². The summed E-state index contributed by atoms with van der Waals surface area (Å²) in [5.41, 5.74) is 4.87. The van der Waals surface area contributed by atoms with Crippen LogP contribution in [0.25, 0.3) is 0 Å². The van der Waals surface area contributed by atoms with Gasteiger partial charge in [-0.15, -0.1) is 0 Å². The van der Waals surface area contributed by atoms with Crippen LogP contribution >= 0.6 is 0 Å². The van der Waals surface area contributed by atoms with Gasteiger partial charge in [0, 0.05) is 0 Å². The molecule has 0 bridgehead atoms. The smallest absolute Gasteiger partial charge is 0.417 e. The van der Waals surface area contributed by atoms with Gasteiger partial charge < -0.3 is 20.7 Å². The van der Waals surface area contributed by atoms with Crippen molar-refractivity contribution in [3.05, 3.63) is 0 Å². The Morgan fingerprint density at radius 2 is 1.60 bits per heavy atom. The molecule has 146 valence electrons. The van der Waals surface area contributed by atoms with Crippen LogP contribution in [0.3, 0.4) is 0 Å². The fourth-order valence-electron chi connectivity index (χ4n) is 2.17. The van der Waals surface area contributed by atoms with Crippen LogP contribution < -0.4 is 5.73 Å². The molecule has 0 spiro atoms. The number of carbonyl (C=O) groups excluding carboxylic acids is 2. The van der Waals surface area contributed by atoms with E-state index in [1.165, 1.54) is 0 Å². The number of rotatable bonds is 7. The number of nitrogens with two attached hydrogens (primary N) is 1. The molecule has 0 aromatic rings. The molecule has 0 unspecified atom stereocenters. The van der Waals surface area contributed by atoms with E-state index >= 15 is 0 Å². The van der Waals surface area contributed by atoms with Crippen LogP contribution in [0.1, 0.15) is 54.9 Å². The predicted octanol–water partition coefficient (Wildman–Crippen LogP) is 1.59. The summed E-state index contributed by atoms with van der Waals surface area (Å²) in [6.45, 7) is 11.7. The number of carbonyl (C=O) groups is 3. The highest BCUT2D eigenvalue weighted by Crippen LogP contribution is 2.19. The second-order valence-corrected chi connectivity index (χ2v) is 7.93. The minimum atomic E-state index is -1.43. The summed E-state index contributed by atoms with van der Waals surface area (Å²) in [7, 11) is 0. The van der Waals surface area contributed by atoms with E-state index in [0.717, 1.165) is 0 Å². The second-order valence-electron chi connectivity index (χ2n) is 7.93. The largest absolute Gasteiger partial charge is 0.480 e. The lowest BCUT2D eigenvalue weighted by Crippen LogP contribution is -2.59. The Bertz CT molecular complexity index is 484. The van der Waals surface area contributed by atoms with Crippen molar-refractivity contribution in [2.45, 2.75) is 78.7 Å². The average molecular weight is 360 g/mol. The minimum absolute atomic E-state index is 0.0464. The number of amides is 2. The van der Waals surface area contributed by atoms with Gasteiger partial charge in [0.15, 0.2) is 0 Å². The van der Waals surface area contributed by atoms with Gasteiger partial charge in [-0.3, -0.25) is 4.79 Å². The van der Waals surface area contributed by atoms with Crippen molar-refractivity contribution in [2.75, 3.05) is 0 Å². The van der Waals surface area contributed by atoms with E-state index in [1.54, 1.807) is 48.5 Å². The second kappa shape index (κ2) is 9.15. The zero-order chi connectivity index (χ0) is 20.1. The Labute approximate surface area is 149 Å². The fourth-order valence-corrected chi connectivity index (χ4v) is 2.17. The Morgan fingerprint density at radius 3 is 1.92 bits per heavy atom. The summed E-state index contributed by atoms with van der Waals surface area (Å²) in [4.78, 5) is 37.4. The highest BCUT2D eigenvalue weighted by Gasteiger charge is 2.41. The summed E-state index contributed by atoms with van der Waals surface area (Å²) in [6.07, 6.45) is -2.26. The van der Waals surface area contributed by atoms with E-state index in [2.05, 4.69) is 0 Å². The van der Waals surface area contributed by atoms with Crippen molar-refractivity contribution in [3.63, 3.8) is 0 Å². The van der Waals surface area contributed by atoms with Crippen LogP contribution in [-0.4, -0.2) is 56.9 Å². The van der Waals surface area contributed by atoms with E-state index in [-0.39, 0.29) is 18.3 Å². The first kappa shape index (κ1) is 23.3. The summed E-state index contributed by atoms with van der Waals surface area (Å²) < 4.78 is 5.19. The maximum atomic E-state index is 12.7.